The summed E-state index contributed by atoms with van der Waals surface area (Å²) in [6.45, 7) is 5.66. The largest absolute Gasteiger partial charge is 0.469 e. The summed E-state index contributed by atoms with van der Waals surface area (Å²) in [7, 11) is 0. The predicted molar refractivity (Wildman–Crippen MR) is 79.0 cm³/mol. The van der Waals surface area contributed by atoms with E-state index in [9.17, 15) is 4.79 Å². The molecule has 1 aliphatic heterocycles. The normalized spacial score (nSPS) is 18.4. The second kappa shape index (κ2) is 5.76. The Morgan fingerprint density at radius 1 is 1.48 bits per heavy atom. The molecule has 0 spiro atoms. The fraction of sp³-hybridized carbons (Fsp3) is 0.500. The van der Waals surface area contributed by atoms with Crippen LogP contribution in [-0.4, -0.2) is 26.9 Å². The second-order valence-electron chi connectivity index (χ2n) is 5.53. The molecule has 0 saturated heterocycles. The summed E-state index contributed by atoms with van der Waals surface area (Å²) in [6.07, 6.45) is 8.32. The molecule has 0 N–H and O–H groups in total. The first-order valence-electron chi connectivity index (χ1n) is 7.58. The van der Waals surface area contributed by atoms with Crippen LogP contribution in [0.4, 0.5) is 0 Å². The number of hydrogen-bond donors (Lipinski definition) is 0. The van der Waals surface area contributed by atoms with E-state index in [-0.39, 0.29) is 11.9 Å². The van der Waals surface area contributed by atoms with Crippen LogP contribution in [0.15, 0.2) is 29.1 Å². The van der Waals surface area contributed by atoms with Crippen LogP contribution < -0.4 is 0 Å². The van der Waals surface area contributed by atoms with E-state index in [0.29, 0.717) is 11.3 Å². The van der Waals surface area contributed by atoms with Gasteiger partial charge in [0.25, 0.3) is 5.91 Å². The summed E-state index contributed by atoms with van der Waals surface area (Å²) in [5.74, 6) is 1.74. The first kappa shape index (κ1) is 13.9. The molecule has 0 bridgehead atoms. The third kappa shape index (κ3) is 2.48. The van der Waals surface area contributed by atoms with Gasteiger partial charge in [-0.05, 0) is 25.8 Å². The molecule has 2 aromatic rings. The molecule has 0 aliphatic carbocycles. The highest BCUT2D eigenvalue weighted by atomic mass is 16.3. The number of hydrogen-bond acceptors (Lipinski definition) is 3. The Balaban J connectivity index is 1.96. The highest BCUT2D eigenvalue weighted by Gasteiger charge is 2.31. The van der Waals surface area contributed by atoms with Crippen LogP contribution in [0.25, 0.3) is 0 Å². The predicted octanol–water partition coefficient (Wildman–Crippen LogP) is 3.17. The zero-order valence-corrected chi connectivity index (χ0v) is 12.6. The molecule has 5 heteroatoms. The molecular formula is C16H21N3O2. The van der Waals surface area contributed by atoms with Gasteiger partial charge >= 0.3 is 0 Å². The van der Waals surface area contributed by atoms with E-state index >= 15 is 0 Å². The lowest BCUT2D eigenvalue weighted by Crippen LogP contribution is -2.35. The SMILES string of the molecule is CCCC1c2nccn2CCCN1C(=O)c1ccoc1C. The smallest absolute Gasteiger partial charge is 0.258 e. The van der Waals surface area contributed by atoms with Gasteiger partial charge in [0.05, 0.1) is 17.9 Å². The lowest BCUT2D eigenvalue weighted by molar-refractivity contribution is 0.0663. The standard InChI is InChI=1S/C16H21N3O2/c1-3-5-14-15-17-7-10-18(15)8-4-9-19(14)16(20)13-6-11-21-12(13)2/h6-7,10-11,14H,3-5,8-9H2,1-2H3. The minimum atomic E-state index is 0.0503. The second-order valence-corrected chi connectivity index (χ2v) is 5.53. The monoisotopic (exact) mass is 287 g/mol. The van der Waals surface area contributed by atoms with Crippen molar-refractivity contribution in [2.75, 3.05) is 6.54 Å². The van der Waals surface area contributed by atoms with Gasteiger partial charge < -0.3 is 13.9 Å². The van der Waals surface area contributed by atoms with Crippen molar-refractivity contribution in [1.29, 1.82) is 0 Å². The number of fused-ring (bicyclic) bond motifs is 1. The topological polar surface area (TPSA) is 51.3 Å². The number of aryl methyl sites for hydroxylation is 2. The summed E-state index contributed by atoms with van der Waals surface area (Å²) in [4.78, 5) is 19.3. The van der Waals surface area contributed by atoms with Crippen molar-refractivity contribution >= 4 is 5.91 Å². The molecule has 1 unspecified atom stereocenters. The molecule has 1 aliphatic rings. The number of carbonyl (C=O) groups excluding carboxylic acids is 1. The number of imidazole rings is 1. The van der Waals surface area contributed by atoms with Crippen molar-refractivity contribution in [3.63, 3.8) is 0 Å². The van der Waals surface area contributed by atoms with Crippen LogP contribution in [0.2, 0.25) is 0 Å². The van der Waals surface area contributed by atoms with Crippen molar-refractivity contribution in [2.24, 2.45) is 0 Å². The van der Waals surface area contributed by atoms with E-state index in [1.807, 2.05) is 24.2 Å². The average Bonchev–Trinajstić information content (AvgIpc) is 3.07. The molecule has 0 aromatic carbocycles. The molecule has 3 rings (SSSR count). The van der Waals surface area contributed by atoms with Gasteiger partial charge in [-0.25, -0.2) is 4.98 Å². The van der Waals surface area contributed by atoms with E-state index in [1.54, 1.807) is 12.3 Å². The molecule has 0 radical (unpaired) electrons. The van der Waals surface area contributed by atoms with Crippen molar-refractivity contribution < 1.29 is 9.21 Å². The van der Waals surface area contributed by atoms with Crippen molar-refractivity contribution in [3.8, 4) is 0 Å². The number of nitrogens with zero attached hydrogens (tertiary/aromatic N) is 3. The van der Waals surface area contributed by atoms with Crippen LogP contribution in [0, 0.1) is 6.92 Å². The van der Waals surface area contributed by atoms with Gasteiger partial charge in [-0.1, -0.05) is 13.3 Å². The molecule has 5 nitrogen and oxygen atoms in total. The number of carbonyl (C=O) groups is 1. The maximum absolute atomic E-state index is 12.9. The summed E-state index contributed by atoms with van der Waals surface area (Å²) in [6, 6.07) is 1.81. The summed E-state index contributed by atoms with van der Waals surface area (Å²) >= 11 is 0. The van der Waals surface area contributed by atoms with Gasteiger partial charge in [0.1, 0.15) is 11.6 Å². The first-order valence-corrected chi connectivity index (χ1v) is 7.58. The minimum Gasteiger partial charge on any atom is -0.469 e. The van der Waals surface area contributed by atoms with E-state index in [1.165, 1.54) is 0 Å². The van der Waals surface area contributed by atoms with Gasteiger partial charge in [-0.2, -0.15) is 0 Å². The molecule has 3 heterocycles. The first-order chi connectivity index (χ1) is 10.2. The summed E-state index contributed by atoms with van der Waals surface area (Å²) < 4.78 is 7.47. The number of amides is 1. The molecule has 0 fully saturated rings. The van der Waals surface area contributed by atoms with E-state index < -0.39 is 0 Å². The lowest BCUT2D eigenvalue weighted by atomic mass is 10.1. The third-order valence-electron chi connectivity index (χ3n) is 4.13. The zero-order chi connectivity index (χ0) is 14.8. The van der Waals surface area contributed by atoms with Crippen LogP contribution in [0.5, 0.6) is 0 Å². The minimum absolute atomic E-state index is 0.0503. The van der Waals surface area contributed by atoms with Crippen LogP contribution >= 0.6 is 0 Å². The fourth-order valence-corrected chi connectivity index (χ4v) is 3.08. The van der Waals surface area contributed by atoms with Crippen molar-refractivity contribution in [2.45, 2.75) is 45.7 Å². The van der Waals surface area contributed by atoms with E-state index in [0.717, 1.165) is 38.2 Å². The number of furan rings is 1. The Labute approximate surface area is 124 Å². The highest BCUT2D eigenvalue weighted by molar-refractivity contribution is 5.95. The number of rotatable bonds is 3. The van der Waals surface area contributed by atoms with Crippen LogP contribution in [0.1, 0.15) is 54.2 Å². The molecule has 1 atom stereocenters. The highest BCUT2D eigenvalue weighted by Crippen LogP contribution is 2.29. The van der Waals surface area contributed by atoms with Gasteiger partial charge in [0.2, 0.25) is 0 Å². The van der Waals surface area contributed by atoms with Gasteiger partial charge in [0.15, 0.2) is 0 Å². The molecule has 2 aromatic heterocycles. The Morgan fingerprint density at radius 2 is 2.33 bits per heavy atom. The van der Waals surface area contributed by atoms with Gasteiger partial charge in [-0.3, -0.25) is 4.79 Å². The average molecular weight is 287 g/mol. The number of aromatic nitrogens is 2. The van der Waals surface area contributed by atoms with E-state index in [2.05, 4.69) is 16.5 Å². The maximum atomic E-state index is 12.9. The maximum Gasteiger partial charge on any atom is 0.258 e. The van der Waals surface area contributed by atoms with Crippen molar-refractivity contribution in [3.05, 3.63) is 41.9 Å². The Kier molecular flexibility index (Phi) is 3.82. The lowest BCUT2D eigenvalue weighted by Gasteiger charge is -2.29. The zero-order valence-electron chi connectivity index (χ0n) is 12.6. The Bertz CT molecular complexity index is 629. The van der Waals surface area contributed by atoms with Crippen molar-refractivity contribution in [1.82, 2.24) is 14.5 Å². The van der Waals surface area contributed by atoms with Gasteiger partial charge in [-0.15, -0.1) is 0 Å². The quantitative estimate of drug-likeness (QED) is 0.871. The Hall–Kier alpha value is -2.04. The van der Waals surface area contributed by atoms with Crippen LogP contribution in [0.3, 0.4) is 0 Å². The molecule has 0 saturated carbocycles. The van der Waals surface area contributed by atoms with E-state index in [4.69, 9.17) is 4.42 Å². The van der Waals surface area contributed by atoms with Gasteiger partial charge in [0, 0.05) is 25.5 Å². The molecule has 1 amide bonds. The molecule has 112 valence electrons. The fourth-order valence-electron chi connectivity index (χ4n) is 3.08. The molecular weight excluding hydrogens is 266 g/mol. The van der Waals surface area contributed by atoms with Crippen LogP contribution in [-0.2, 0) is 6.54 Å². The Morgan fingerprint density at radius 3 is 3.05 bits per heavy atom. The summed E-state index contributed by atoms with van der Waals surface area (Å²) in [5.41, 5.74) is 0.663. The molecule has 21 heavy (non-hydrogen) atoms. The third-order valence-corrected chi connectivity index (χ3v) is 4.13. The summed E-state index contributed by atoms with van der Waals surface area (Å²) in [5, 5.41) is 0.